The fourth-order valence-corrected chi connectivity index (χ4v) is 4.19. The number of aliphatic hydroxyl groups is 2. The van der Waals surface area contributed by atoms with Crippen molar-refractivity contribution < 1.29 is 24.3 Å². The van der Waals surface area contributed by atoms with Crippen LogP contribution in [0.4, 0.5) is 0 Å². The number of ether oxygens (including phenoxy) is 1. The van der Waals surface area contributed by atoms with Gasteiger partial charge in [0.1, 0.15) is 11.8 Å². The number of carbonyl (C=O) groups is 1. The summed E-state index contributed by atoms with van der Waals surface area (Å²) >= 11 is 0. The molecule has 194 valence electrons. The van der Waals surface area contributed by atoms with Crippen molar-refractivity contribution >= 4 is 5.91 Å². The zero-order valence-electron chi connectivity index (χ0n) is 21.0. The van der Waals surface area contributed by atoms with Gasteiger partial charge in [-0.15, -0.1) is 0 Å². The Morgan fingerprint density at radius 2 is 1.95 bits per heavy atom. The molecule has 37 heavy (non-hydrogen) atoms. The lowest BCUT2D eigenvalue weighted by Gasteiger charge is -2.19. The van der Waals surface area contributed by atoms with E-state index in [-0.39, 0.29) is 31.7 Å². The number of carbonyl (C=O) groups excluding carboxylic acids is 1. The van der Waals surface area contributed by atoms with Crippen LogP contribution in [0.3, 0.4) is 0 Å². The van der Waals surface area contributed by atoms with Crippen molar-refractivity contribution in [2.24, 2.45) is 0 Å². The number of nitriles is 1. The minimum Gasteiger partial charge on any atom is -0.490 e. The van der Waals surface area contributed by atoms with Gasteiger partial charge in [0.15, 0.2) is 0 Å². The van der Waals surface area contributed by atoms with Gasteiger partial charge in [0.05, 0.1) is 30.9 Å². The van der Waals surface area contributed by atoms with E-state index in [1.807, 2.05) is 19.9 Å². The molecule has 2 aromatic carbocycles. The van der Waals surface area contributed by atoms with Crippen molar-refractivity contribution in [2.45, 2.75) is 38.9 Å². The number of nitrogens with one attached hydrogen (secondary N) is 1. The van der Waals surface area contributed by atoms with E-state index in [0.29, 0.717) is 35.1 Å². The number of rotatable bonds is 9. The zero-order chi connectivity index (χ0) is 26.4. The van der Waals surface area contributed by atoms with E-state index in [9.17, 15) is 15.2 Å². The van der Waals surface area contributed by atoms with Crippen LogP contribution < -0.4 is 10.1 Å². The number of nitrogens with zero attached hydrogens (tertiary/aromatic N) is 4. The monoisotopic (exact) mass is 505 g/mol. The number of aliphatic hydroxyl groups excluding tert-OH is 2. The van der Waals surface area contributed by atoms with Gasteiger partial charge in [-0.2, -0.15) is 10.2 Å². The van der Waals surface area contributed by atoms with Gasteiger partial charge in [0.25, 0.3) is 5.89 Å². The highest BCUT2D eigenvalue weighted by atomic mass is 16.5. The van der Waals surface area contributed by atoms with Crippen LogP contribution >= 0.6 is 0 Å². The first-order valence-corrected chi connectivity index (χ1v) is 12.3. The molecule has 0 spiro atoms. The van der Waals surface area contributed by atoms with Crippen LogP contribution in [0.25, 0.3) is 22.8 Å². The Morgan fingerprint density at radius 3 is 2.68 bits per heavy atom. The summed E-state index contributed by atoms with van der Waals surface area (Å²) in [6.45, 7) is 5.15. The van der Waals surface area contributed by atoms with Crippen LogP contribution in [0, 0.1) is 11.3 Å². The molecule has 0 fully saturated rings. The minimum absolute atomic E-state index is 0.0349. The van der Waals surface area contributed by atoms with Gasteiger partial charge in [0, 0.05) is 30.8 Å². The van der Waals surface area contributed by atoms with Crippen molar-refractivity contribution in [3.8, 4) is 34.7 Å². The van der Waals surface area contributed by atoms with E-state index in [1.54, 1.807) is 18.2 Å². The van der Waals surface area contributed by atoms with Gasteiger partial charge in [-0.1, -0.05) is 17.3 Å². The third-order valence-electron chi connectivity index (χ3n) is 6.11. The predicted octanol–water partition coefficient (Wildman–Crippen LogP) is 1.93. The highest BCUT2D eigenvalue weighted by molar-refractivity contribution is 5.78. The number of hydrogen-bond donors (Lipinski definition) is 3. The summed E-state index contributed by atoms with van der Waals surface area (Å²) in [5, 5.41) is 34.6. The largest absolute Gasteiger partial charge is 0.490 e. The molecule has 2 heterocycles. The maximum atomic E-state index is 12.2. The van der Waals surface area contributed by atoms with E-state index in [4.69, 9.17) is 14.4 Å². The van der Waals surface area contributed by atoms with Gasteiger partial charge >= 0.3 is 0 Å². The fourth-order valence-electron chi connectivity index (χ4n) is 4.19. The van der Waals surface area contributed by atoms with Crippen molar-refractivity contribution in [3.63, 3.8) is 0 Å². The van der Waals surface area contributed by atoms with Gasteiger partial charge < -0.3 is 24.8 Å². The molecule has 1 aromatic heterocycles. The summed E-state index contributed by atoms with van der Waals surface area (Å²) in [4.78, 5) is 18.8. The molecule has 1 unspecified atom stereocenters. The second-order valence-electron chi connectivity index (χ2n) is 9.31. The van der Waals surface area contributed by atoms with Crippen LogP contribution in [0.15, 0.2) is 40.9 Å². The fraction of sp³-hybridized carbons (Fsp3) is 0.407. The van der Waals surface area contributed by atoms with Gasteiger partial charge in [-0.25, -0.2) is 0 Å². The third-order valence-corrected chi connectivity index (χ3v) is 6.11. The van der Waals surface area contributed by atoms with Crippen molar-refractivity contribution in [1.82, 2.24) is 20.4 Å². The summed E-state index contributed by atoms with van der Waals surface area (Å²) < 4.78 is 11.2. The predicted molar refractivity (Wildman–Crippen MR) is 136 cm³/mol. The molecule has 10 heteroatoms. The van der Waals surface area contributed by atoms with Crippen molar-refractivity contribution in [1.29, 1.82) is 5.26 Å². The first-order chi connectivity index (χ1) is 17.9. The molecule has 3 N–H and O–H groups in total. The molecule has 4 rings (SSSR count). The Morgan fingerprint density at radius 1 is 1.19 bits per heavy atom. The summed E-state index contributed by atoms with van der Waals surface area (Å²) in [6, 6.07) is 13.5. The van der Waals surface area contributed by atoms with Crippen LogP contribution in [0.2, 0.25) is 0 Å². The molecule has 1 aliphatic rings. The van der Waals surface area contributed by atoms with E-state index < -0.39 is 6.10 Å². The normalized spacial score (nSPS) is 14.5. The maximum absolute atomic E-state index is 12.2. The van der Waals surface area contributed by atoms with Crippen LogP contribution in [-0.4, -0.2) is 76.2 Å². The lowest BCUT2D eigenvalue weighted by molar-refractivity contribution is -0.122. The Labute approximate surface area is 215 Å². The Bertz CT molecular complexity index is 1280. The molecule has 1 aliphatic heterocycles. The molecule has 0 saturated carbocycles. The molecule has 0 aliphatic carbocycles. The lowest BCUT2D eigenvalue weighted by atomic mass is 10.00. The number of amides is 1. The number of benzene rings is 2. The SMILES string of the molecule is CC(C)Oc1ccc(-c2nc(-c3ccc4c(c3)CCN(CC(=O)NCC(O)CO)CC4)no2)cc1C#N. The van der Waals surface area contributed by atoms with Crippen LogP contribution in [0.1, 0.15) is 30.5 Å². The van der Waals surface area contributed by atoms with Crippen molar-refractivity contribution in [2.75, 3.05) is 32.8 Å². The second kappa shape index (κ2) is 12.0. The molecule has 0 saturated heterocycles. The second-order valence-corrected chi connectivity index (χ2v) is 9.31. The van der Waals surface area contributed by atoms with Gasteiger partial charge in [-0.3, -0.25) is 9.69 Å². The minimum atomic E-state index is -0.951. The average molecular weight is 506 g/mol. The number of aromatic nitrogens is 2. The standard InChI is InChI=1S/C27H31N5O5/c1-17(2)36-24-6-5-21(12-22(24)13-28)27-30-26(31-37-27)20-4-3-18-7-9-32(10-8-19(18)11-20)15-25(35)29-14-23(34)16-33/h3-6,11-12,17,23,33-34H,7-10,14-16H2,1-2H3,(H,29,35). The maximum Gasteiger partial charge on any atom is 0.258 e. The smallest absolute Gasteiger partial charge is 0.258 e. The zero-order valence-corrected chi connectivity index (χ0v) is 21.0. The topological polar surface area (TPSA) is 145 Å². The molecule has 0 bridgehead atoms. The summed E-state index contributed by atoms with van der Waals surface area (Å²) in [6.07, 6.45) is 0.578. The van der Waals surface area contributed by atoms with E-state index in [1.165, 1.54) is 11.1 Å². The first kappa shape index (κ1) is 26.3. The van der Waals surface area contributed by atoms with Crippen LogP contribution in [0.5, 0.6) is 5.75 Å². The molecule has 1 atom stereocenters. The quantitative estimate of drug-likeness (QED) is 0.397. The average Bonchev–Trinajstić information content (AvgIpc) is 3.30. The molecule has 3 aromatic rings. The first-order valence-electron chi connectivity index (χ1n) is 12.3. The Balaban J connectivity index is 1.43. The highest BCUT2D eigenvalue weighted by Gasteiger charge is 2.19. The molecule has 10 nitrogen and oxygen atoms in total. The number of fused-ring (bicyclic) bond motifs is 1. The summed E-state index contributed by atoms with van der Waals surface area (Å²) in [5.74, 6) is 1.12. The number of hydrogen-bond acceptors (Lipinski definition) is 9. The van der Waals surface area contributed by atoms with Crippen LogP contribution in [-0.2, 0) is 17.6 Å². The lowest BCUT2D eigenvalue weighted by Crippen LogP contribution is -2.41. The molecule has 0 radical (unpaired) electrons. The Kier molecular flexibility index (Phi) is 8.50. The Hall–Kier alpha value is -3.78. The van der Waals surface area contributed by atoms with E-state index in [2.05, 4.69) is 38.6 Å². The van der Waals surface area contributed by atoms with E-state index >= 15 is 0 Å². The molecular weight excluding hydrogens is 474 g/mol. The van der Waals surface area contributed by atoms with E-state index in [0.717, 1.165) is 24.9 Å². The molecular formula is C27H31N5O5. The third kappa shape index (κ3) is 6.71. The molecule has 1 amide bonds. The summed E-state index contributed by atoms with van der Waals surface area (Å²) in [7, 11) is 0. The van der Waals surface area contributed by atoms with Crippen molar-refractivity contribution in [3.05, 3.63) is 53.1 Å². The van der Waals surface area contributed by atoms with Gasteiger partial charge in [0.2, 0.25) is 11.7 Å². The summed E-state index contributed by atoms with van der Waals surface area (Å²) in [5.41, 5.74) is 4.26. The highest BCUT2D eigenvalue weighted by Crippen LogP contribution is 2.29. The van der Waals surface area contributed by atoms with Gasteiger partial charge in [-0.05, 0) is 62.1 Å².